The van der Waals surface area contributed by atoms with E-state index in [-0.39, 0.29) is 45.3 Å². The molecule has 0 aliphatic carbocycles. The van der Waals surface area contributed by atoms with Crippen LogP contribution >= 0.6 is 0 Å². The first-order valence-corrected chi connectivity index (χ1v) is 23.7. The van der Waals surface area contributed by atoms with Crippen molar-refractivity contribution in [2.45, 2.75) is 166 Å². The normalized spacial score (nSPS) is 22.4. The standard InChI is InChI=1S/C38H65N5O16Si/c1-20(39-32(48)21(2)57-30-28(40-22(3)44)36-56-19-26(58-36)29(30)46)31(47)42-25(34(50)54-8)15-16-27(45)41-24(35(51)55-17-18-60(9,10)11)14-12-13-23(33(49)53-7)43-37(52)59-38(4,5)6/h20-21,23-26,28-30,36,46H,12-19H2,1-11H3,(H,39,48)(H,40,44)(H,41,45)(H,42,47)(H,43,52)/t20-,21+,23+,24-,25+,26+,28+,29+,30+,36+/m0/s1. The van der Waals surface area contributed by atoms with Gasteiger partial charge in [-0.15, -0.1) is 0 Å². The Morgan fingerprint density at radius 2 is 1.40 bits per heavy atom. The molecule has 0 saturated carbocycles. The third kappa shape index (κ3) is 17.7. The number of hydrogen-bond donors (Lipinski definition) is 6. The molecule has 5 amide bonds. The lowest BCUT2D eigenvalue weighted by Crippen LogP contribution is -2.62. The minimum atomic E-state index is -1.59. The molecule has 10 atom stereocenters. The van der Waals surface area contributed by atoms with Gasteiger partial charge in [0.1, 0.15) is 60.2 Å². The number of aliphatic hydroxyl groups excluding tert-OH is 1. The zero-order valence-corrected chi connectivity index (χ0v) is 37.5. The second kappa shape index (κ2) is 23.6. The molecule has 2 aliphatic heterocycles. The summed E-state index contributed by atoms with van der Waals surface area (Å²) in [6, 6.07) is -5.08. The lowest BCUT2D eigenvalue weighted by Gasteiger charge is -2.39. The number of hydrogen-bond acceptors (Lipinski definition) is 16. The first-order valence-electron chi connectivity index (χ1n) is 19.9. The van der Waals surface area contributed by atoms with Crippen molar-refractivity contribution in [1.82, 2.24) is 26.6 Å². The summed E-state index contributed by atoms with van der Waals surface area (Å²) in [6.45, 7) is 15.5. The van der Waals surface area contributed by atoms with Crippen LogP contribution in [-0.4, -0.2) is 155 Å². The third-order valence-corrected chi connectivity index (χ3v) is 11.0. The minimum Gasteiger partial charge on any atom is -0.467 e. The van der Waals surface area contributed by atoms with Crippen LogP contribution in [0.2, 0.25) is 25.7 Å². The number of nitrogens with one attached hydrogen (secondary N) is 5. The van der Waals surface area contributed by atoms with E-state index in [1.807, 2.05) is 0 Å². The van der Waals surface area contributed by atoms with E-state index in [1.54, 1.807) is 20.8 Å². The summed E-state index contributed by atoms with van der Waals surface area (Å²) in [6.07, 6.45) is -6.45. The van der Waals surface area contributed by atoms with Crippen molar-refractivity contribution in [3.05, 3.63) is 0 Å². The highest BCUT2D eigenvalue weighted by molar-refractivity contribution is 6.76. The number of carbonyl (C=O) groups is 8. The van der Waals surface area contributed by atoms with Crippen molar-refractivity contribution in [2.24, 2.45) is 0 Å². The highest BCUT2D eigenvalue weighted by Gasteiger charge is 2.52. The molecule has 0 unspecified atom stereocenters. The summed E-state index contributed by atoms with van der Waals surface area (Å²) >= 11 is 0. The molecule has 6 N–H and O–H groups in total. The Hall–Kier alpha value is -4.38. The second-order valence-electron chi connectivity index (χ2n) is 16.9. The van der Waals surface area contributed by atoms with Gasteiger partial charge >= 0.3 is 24.0 Å². The molecular formula is C38H65N5O16Si. The quantitative estimate of drug-likeness (QED) is 0.0472. The van der Waals surface area contributed by atoms with Crippen LogP contribution in [0.4, 0.5) is 4.79 Å². The predicted octanol–water partition coefficient (Wildman–Crippen LogP) is -0.0737. The Morgan fingerprint density at radius 3 is 1.95 bits per heavy atom. The Kier molecular flexibility index (Phi) is 20.3. The molecule has 0 aromatic rings. The number of fused-ring (bicyclic) bond motifs is 2. The fourth-order valence-corrected chi connectivity index (χ4v) is 6.75. The zero-order chi connectivity index (χ0) is 45.5. The predicted molar refractivity (Wildman–Crippen MR) is 213 cm³/mol. The number of carbonyl (C=O) groups excluding carboxylic acids is 8. The van der Waals surface area contributed by atoms with Gasteiger partial charge in [0.05, 0.1) is 27.4 Å². The van der Waals surface area contributed by atoms with E-state index in [4.69, 9.17) is 33.2 Å². The SMILES string of the molecule is COC(=O)[C@@H](CCC[C@H](NC(=O)CC[C@@H](NC(=O)[C@H](C)NC(=O)[C@@H](C)O[C@H]1[C@H](O)[C@H]2CO[C@H](O2)[C@@H]1NC(C)=O)C(=O)OC)C(=O)OCC[Si](C)(C)C)NC(=O)OC(C)(C)C. The van der Waals surface area contributed by atoms with Gasteiger partial charge in [0, 0.05) is 21.4 Å². The van der Waals surface area contributed by atoms with Crippen molar-refractivity contribution in [3.63, 3.8) is 0 Å². The lowest BCUT2D eigenvalue weighted by molar-refractivity contribution is -0.209. The highest BCUT2D eigenvalue weighted by Crippen LogP contribution is 2.30. The van der Waals surface area contributed by atoms with Crippen LogP contribution in [0.3, 0.4) is 0 Å². The molecule has 2 heterocycles. The van der Waals surface area contributed by atoms with Gasteiger partial charge in [-0.2, -0.15) is 0 Å². The van der Waals surface area contributed by atoms with E-state index in [0.717, 1.165) is 14.2 Å². The highest BCUT2D eigenvalue weighted by atomic mass is 28.3. The summed E-state index contributed by atoms with van der Waals surface area (Å²) in [7, 11) is 0.667. The molecule has 2 bridgehead atoms. The van der Waals surface area contributed by atoms with Gasteiger partial charge in [0.2, 0.25) is 23.6 Å². The van der Waals surface area contributed by atoms with Crippen molar-refractivity contribution in [2.75, 3.05) is 27.4 Å². The topological polar surface area (TPSA) is 282 Å². The number of amides is 5. The Bertz CT molecular complexity index is 1520. The molecule has 2 aliphatic rings. The first kappa shape index (κ1) is 51.8. The number of alkyl carbamates (subject to hydrolysis) is 1. The fraction of sp³-hybridized carbons (Fsp3) is 0.789. The molecule has 342 valence electrons. The smallest absolute Gasteiger partial charge is 0.408 e. The summed E-state index contributed by atoms with van der Waals surface area (Å²) in [5, 5.41) is 23.4. The van der Waals surface area contributed by atoms with Crippen LogP contribution in [0.25, 0.3) is 0 Å². The molecule has 60 heavy (non-hydrogen) atoms. The van der Waals surface area contributed by atoms with Gasteiger partial charge in [-0.1, -0.05) is 19.6 Å². The summed E-state index contributed by atoms with van der Waals surface area (Å²) in [5.74, 6) is -4.99. The number of methoxy groups -OCH3 is 2. The van der Waals surface area contributed by atoms with Crippen LogP contribution in [0, 0.1) is 0 Å². The van der Waals surface area contributed by atoms with Crippen LogP contribution in [0.5, 0.6) is 0 Å². The van der Waals surface area contributed by atoms with Crippen molar-refractivity contribution < 1.29 is 76.6 Å². The van der Waals surface area contributed by atoms with Gasteiger partial charge in [0.15, 0.2) is 6.29 Å². The molecule has 22 heteroatoms. The maximum absolute atomic E-state index is 13.2. The number of esters is 3. The van der Waals surface area contributed by atoms with Gasteiger partial charge < -0.3 is 64.8 Å². The summed E-state index contributed by atoms with van der Waals surface area (Å²) < 4.78 is 37.3. The molecule has 21 nitrogen and oxygen atoms in total. The van der Waals surface area contributed by atoms with Gasteiger partial charge in [-0.05, 0) is 66.3 Å². The van der Waals surface area contributed by atoms with E-state index < -0.39 is 122 Å². The molecular weight excluding hydrogens is 811 g/mol. The number of aliphatic hydroxyl groups is 1. The maximum Gasteiger partial charge on any atom is 0.408 e. The van der Waals surface area contributed by atoms with Crippen molar-refractivity contribution in [3.8, 4) is 0 Å². The molecule has 0 aromatic heterocycles. The van der Waals surface area contributed by atoms with E-state index >= 15 is 0 Å². The van der Waals surface area contributed by atoms with Crippen LogP contribution in [0.1, 0.15) is 73.6 Å². The van der Waals surface area contributed by atoms with Crippen molar-refractivity contribution in [1.29, 1.82) is 0 Å². The van der Waals surface area contributed by atoms with E-state index in [9.17, 15) is 43.5 Å². The van der Waals surface area contributed by atoms with Gasteiger partial charge in [-0.3, -0.25) is 19.2 Å². The van der Waals surface area contributed by atoms with Crippen LogP contribution < -0.4 is 26.6 Å². The van der Waals surface area contributed by atoms with E-state index in [1.165, 1.54) is 20.8 Å². The van der Waals surface area contributed by atoms with E-state index in [2.05, 4.69) is 46.2 Å². The molecule has 0 radical (unpaired) electrons. The molecule has 2 fully saturated rings. The number of ether oxygens (including phenoxy) is 7. The Balaban J connectivity index is 2.05. The molecule has 2 rings (SSSR count). The average Bonchev–Trinajstić information content (AvgIpc) is 3.60. The van der Waals surface area contributed by atoms with Crippen LogP contribution in [0.15, 0.2) is 0 Å². The van der Waals surface area contributed by atoms with Gasteiger partial charge in [-0.25, -0.2) is 19.2 Å². The minimum absolute atomic E-state index is 0.00779. The monoisotopic (exact) mass is 875 g/mol. The van der Waals surface area contributed by atoms with E-state index in [0.29, 0.717) is 6.04 Å². The van der Waals surface area contributed by atoms with Crippen LogP contribution in [-0.2, 0) is 66.7 Å². The molecule has 0 aromatic carbocycles. The maximum atomic E-state index is 13.2. The number of rotatable bonds is 22. The molecule has 2 saturated heterocycles. The summed E-state index contributed by atoms with van der Waals surface area (Å²) in [5.41, 5.74) is -0.827. The largest absolute Gasteiger partial charge is 0.467 e. The lowest BCUT2D eigenvalue weighted by atomic mass is 9.98. The first-order chi connectivity index (χ1) is 27.8. The Morgan fingerprint density at radius 1 is 0.817 bits per heavy atom. The second-order valence-corrected chi connectivity index (χ2v) is 22.6. The average molecular weight is 876 g/mol. The zero-order valence-electron chi connectivity index (χ0n) is 36.5. The third-order valence-electron chi connectivity index (χ3n) is 9.29. The Labute approximate surface area is 351 Å². The summed E-state index contributed by atoms with van der Waals surface area (Å²) in [4.78, 5) is 102. The molecule has 0 spiro atoms. The fourth-order valence-electron chi connectivity index (χ4n) is 6.03. The van der Waals surface area contributed by atoms with Crippen molar-refractivity contribution >= 4 is 55.7 Å². The van der Waals surface area contributed by atoms with Gasteiger partial charge in [0.25, 0.3) is 0 Å².